The highest BCUT2D eigenvalue weighted by atomic mass is 16.2. The van der Waals surface area contributed by atoms with Crippen LogP contribution in [0.3, 0.4) is 0 Å². The van der Waals surface area contributed by atoms with Crippen molar-refractivity contribution in [2.24, 2.45) is 0 Å². The van der Waals surface area contributed by atoms with E-state index in [0.717, 1.165) is 56.0 Å². The maximum Gasteiger partial charge on any atom is 0.270 e. The zero-order valence-electron chi connectivity index (χ0n) is 10.4. The van der Waals surface area contributed by atoms with Gasteiger partial charge in [-0.3, -0.25) is 4.79 Å². The first-order valence-corrected chi connectivity index (χ1v) is 6.51. The number of rotatable bonds is 1. The van der Waals surface area contributed by atoms with Gasteiger partial charge in [0, 0.05) is 44.0 Å². The van der Waals surface area contributed by atoms with Crippen molar-refractivity contribution in [3.05, 3.63) is 23.0 Å². The molecule has 3 N–H and O–H groups in total. The fourth-order valence-electron chi connectivity index (χ4n) is 2.67. The lowest BCUT2D eigenvalue weighted by molar-refractivity contribution is 0.0730. The lowest BCUT2D eigenvalue weighted by Crippen LogP contribution is -2.46. The van der Waals surface area contributed by atoms with Crippen LogP contribution >= 0.6 is 0 Å². The summed E-state index contributed by atoms with van der Waals surface area (Å²) in [6.07, 6.45) is 2.37. The third-order valence-corrected chi connectivity index (χ3v) is 3.71. The van der Waals surface area contributed by atoms with Crippen LogP contribution in [0.15, 0.2) is 6.07 Å². The van der Waals surface area contributed by atoms with Crippen molar-refractivity contribution in [1.82, 2.24) is 15.2 Å². The number of carbonyl (C=O) groups is 1. The summed E-state index contributed by atoms with van der Waals surface area (Å²) in [6, 6.07) is 1.94. The predicted molar refractivity (Wildman–Crippen MR) is 69.3 cm³/mol. The number of amides is 1. The Morgan fingerprint density at radius 1 is 1.28 bits per heavy atom. The highest BCUT2D eigenvalue weighted by Crippen LogP contribution is 2.20. The van der Waals surface area contributed by atoms with Crippen LogP contribution in [0.5, 0.6) is 0 Å². The minimum atomic E-state index is 0.0948. The van der Waals surface area contributed by atoms with E-state index >= 15 is 0 Å². The SMILES string of the molecule is N=C1CCc2[nH]c(C(=O)N3CCNCC3)cc2C1. The minimum Gasteiger partial charge on any atom is -0.354 e. The molecule has 96 valence electrons. The number of aromatic amines is 1. The zero-order chi connectivity index (χ0) is 12.5. The van der Waals surface area contributed by atoms with Gasteiger partial charge < -0.3 is 20.6 Å². The Kier molecular flexibility index (Phi) is 2.91. The van der Waals surface area contributed by atoms with Crippen LogP contribution in [-0.4, -0.2) is 47.7 Å². The summed E-state index contributed by atoms with van der Waals surface area (Å²) in [6.45, 7) is 3.30. The fourth-order valence-corrected chi connectivity index (χ4v) is 2.67. The Labute approximate surface area is 106 Å². The van der Waals surface area contributed by atoms with Crippen molar-refractivity contribution < 1.29 is 4.79 Å². The van der Waals surface area contributed by atoms with E-state index in [2.05, 4.69) is 10.3 Å². The molecule has 2 heterocycles. The number of aromatic nitrogens is 1. The summed E-state index contributed by atoms with van der Waals surface area (Å²) in [4.78, 5) is 17.4. The second-order valence-electron chi connectivity index (χ2n) is 5.01. The van der Waals surface area contributed by atoms with Crippen LogP contribution in [0.1, 0.15) is 28.2 Å². The molecule has 1 fully saturated rings. The highest BCUT2D eigenvalue weighted by molar-refractivity contribution is 5.94. The van der Waals surface area contributed by atoms with Crippen molar-refractivity contribution in [3.63, 3.8) is 0 Å². The number of aryl methyl sites for hydroxylation is 1. The van der Waals surface area contributed by atoms with Crippen LogP contribution in [0.2, 0.25) is 0 Å². The molecule has 1 aliphatic carbocycles. The van der Waals surface area contributed by atoms with E-state index in [1.165, 1.54) is 0 Å². The van der Waals surface area contributed by atoms with Crippen molar-refractivity contribution >= 4 is 11.6 Å². The molecular formula is C13H18N4O. The Bertz CT molecular complexity index is 485. The summed E-state index contributed by atoms with van der Waals surface area (Å²) >= 11 is 0. The molecule has 1 saturated heterocycles. The number of hydrogen-bond acceptors (Lipinski definition) is 3. The van der Waals surface area contributed by atoms with Crippen molar-refractivity contribution in [2.75, 3.05) is 26.2 Å². The number of hydrogen-bond donors (Lipinski definition) is 3. The number of fused-ring (bicyclic) bond motifs is 1. The average Bonchev–Trinajstić information content (AvgIpc) is 2.81. The van der Waals surface area contributed by atoms with Crippen molar-refractivity contribution in [2.45, 2.75) is 19.3 Å². The summed E-state index contributed by atoms with van der Waals surface area (Å²) < 4.78 is 0. The Morgan fingerprint density at radius 2 is 2.06 bits per heavy atom. The maximum absolute atomic E-state index is 12.3. The predicted octanol–water partition coefficient (Wildman–Crippen LogP) is 0.569. The van der Waals surface area contributed by atoms with Crippen LogP contribution in [0.25, 0.3) is 0 Å². The standard InChI is InChI=1S/C13H18N4O/c14-10-1-2-11-9(7-10)8-12(16-11)13(18)17-5-3-15-4-6-17/h8,14-16H,1-7H2. The molecule has 2 aliphatic rings. The van der Waals surface area contributed by atoms with Gasteiger partial charge in [-0.1, -0.05) is 0 Å². The van der Waals surface area contributed by atoms with Crippen LogP contribution < -0.4 is 5.32 Å². The normalized spacial score (nSPS) is 19.8. The Morgan fingerprint density at radius 3 is 2.83 bits per heavy atom. The van der Waals surface area contributed by atoms with Gasteiger partial charge in [-0.25, -0.2) is 0 Å². The summed E-state index contributed by atoms with van der Waals surface area (Å²) in [5.74, 6) is 0.0948. The van der Waals surface area contributed by atoms with Crippen LogP contribution in [0, 0.1) is 5.41 Å². The van der Waals surface area contributed by atoms with Gasteiger partial charge in [0.2, 0.25) is 0 Å². The summed E-state index contributed by atoms with van der Waals surface area (Å²) in [5, 5.41) is 11.0. The number of nitrogens with one attached hydrogen (secondary N) is 3. The molecule has 0 aromatic carbocycles. The molecule has 5 nitrogen and oxygen atoms in total. The minimum absolute atomic E-state index is 0.0948. The molecule has 18 heavy (non-hydrogen) atoms. The van der Waals surface area contributed by atoms with Gasteiger partial charge in [0.15, 0.2) is 0 Å². The molecule has 0 spiro atoms. The van der Waals surface area contributed by atoms with Gasteiger partial charge >= 0.3 is 0 Å². The first kappa shape index (κ1) is 11.5. The summed E-state index contributed by atoms with van der Waals surface area (Å²) in [5.41, 5.74) is 3.73. The third kappa shape index (κ3) is 2.06. The number of nitrogens with zero attached hydrogens (tertiary/aromatic N) is 1. The molecule has 0 radical (unpaired) electrons. The molecule has 1 amide bonds. The average molecular weight is 246 g/mol. The molecule has 1 aromatic heterocycles. The molecular weight excluding hydrogens is 228 g/mol. The molecule has 3 rings (SSSR count). The Balaban J connectivity index is 1.80. The topological polar surface area (TPSA) is 72.0 Å². The number of carbonyl (C=O) groups excluding carboxylic acids is 1. The van der Waals surface area contributed by atoms with Crippen LogP contribution in [0.4, 0.5) is 0 Å². The Hall–Kier alpha value is -1.62. The maximum atomic E-state index is 12.3. The van der Waals surface area contributed by atoms with Crippen molar-refractivity contribution in [1.29, 1.82) is 5.41 Å². The van der Waals surface area contributed by atoms with Gasteiger partial charge in [0.25, 0.3) is 5.91 Å². The molecule has 0 saturated carbocycles. The molecule has 0 atom stereocenters. The quantitative estimate of drug-likeness (QED) is 0.678. The van der Waals surface area contributed by atoms with E-state index in [1.807, 2.05) is 11.0 Å². The zero-order valence-corrected chi connectivity index (χ0v) is 10.4. The molecule has 0 bridgehead atoms. The van der Waals surface area contributed by atoms with E-state index in [-0.39, 0.29) is 5.91 Å². The molecule has 1 aliphatic heterocycles. The first-order chi connectivity index (χ1) is 8.74. The van der Waals surface area contributed by atoms with Gasteiger partial charge in [-0.05, 0) is 24.5 Å². The molecule has 1 aromatic rings. The van der Waals surface area contributed by atoms with E-state index in [4.69, 9.17) is 5.41 Å². The first-order valence-electron chi connectivity index (χ1n) is 6.51. The van der Waals surface area contributed by atoms with E-state index in [1.54, 1.807) is 0 Å². The number of H-pyrrole nitrogens is 1. The third-order valence-electron chi connectivity index (χ3n) is 3.71. The van der Waals surface area contributed by atoms with Gasteiger partial charge in [0.05, 0.1) is 0 Å². The van der Waals surface area contributed by atoms with Crippen LogP contribution in [-0.2, 0) is 12.8 Å². The lowest BCUT2D eigenvalue weighted by Gasteiger charge is -2.26. The second-order valence-corrected chi connectivity index (χ2v) is 5.01. The second kappa shape index (κ2) is 4.57. The van der Waals surface area contributed by atoms with Gasteiger partial charge in [0.1, 0.15) is 5.69 Å². The summed E-state index contributed by atoms with van der Waals surface area (Å²) in [7, 11) is 0. The highest BCUT2D eigenvalue weighted by Gasteiger charge is 2.23. The monoisotopic (exact) mass is 246 g/mol. The fraction of sp³-hybridized carbons (Fsp3) is 0.538. The lowest BCUT2D eigenvalue weighted by atomic mass is 9.96. The molecule has 5 heteroatoms. The van der Waals surface area contributed by atoms with E-state index < -0.39 is 0 Å². The number of piperazine rings is 1. The van der Waals surface area contributed by atoms with Crippen molar-refractivity contribution in [3.8, 4) is 0 Å². The van der Waals surface area contributed by atoms with E-state index in [0.29, 0.717) is 12.1 Å². The smallest absolute Gasteiger partial charge is 0.270 e. The van der Waals surface area contributed by atoms with Gasteiger partial charge in [-0.15, -0.1) is 0 Å². The van der Waals surface area contributed by atoms with E-state index in [9.17, 15) is 4.79 Å². The largest absolute Gasteiger partial charge is 0.354 e. The molecule has 0 unspecified atom stereocenters. The van der Waals surface area contributed by atoms with Gasteiger partial charge in [-0.2, -0.15) is 0 Å².